The molecule has 1 atom stereocenters. The highest BCUT2D eigenvalue weighted by Crippen LogP contribution is 2.26. The van der Waals surface area contributed by atoms with Crippen molar-refractivity contribution in [3.63, 3.8) is 0 Å². The van der Waals surface area contributed by atoms with Crippen LogP contribution >= 0.6 is 0 Å². The summed E-state index contributed by atoms with van der Waals surface area (Å²) in [6, 6.07) is 12.9. The molecule has 0 heterocycles. The lowest BCUT2D eigenvalue weighted by molar-refractivity contribution is -0.137. The molecule has 2 aromatic rings. The number of amides is 2. The van der Waals surface area contributed by atoms with E-state index in [0.717, 1.165) is 23.2 Å². The van der Waals surface area contributed by atoms with E-state index in [9.17, 15) is 9.59 Å². The third-order valence-corrected chi connectivity index (χ3v) is 5.36. The van der Waals surface area contributed by atoms with Crippen LogP contribution in [0.5, 0.6) is 11.5 Å². The minimum atomic E-state index is -0.410. The summed E-state index contributed by atoms with van der Waals surface area (Å²) >= 11 is 0. The largest absolute Gasteiger partial charge is 0.497 e. The van der Waals surface area contributed by atoms with E-state index in [4.69, 9.17) is 9.47 Å². The van der Waals surface area contributed by atoms with Gasteiger partial charge in [-0.1, -0.05) is 31.2 Å². The summed E-state index contributed by atoms with van der Waals surface area (Å²) in [5.41, 5.74) is 2.79. The molecule has 0 radical (unpaired) electrons. The normalized spacial score (nSPS) is 11.7. The van der Waals surface area contributed by atoms with Gasteiger partial charge in [-0.05, 0) is 38.1 Å². The lowest BCUT2D eigenvalue weighted by Gasteiger charge is -2.28. The zero-order valence-electron chi connectivity index (χ0n) is 19.3. The Hall–Kier alpha value is -3.06. The van der Waals surface area contributed by atoms with Gasteiger partial charge in [0.1, 0.15) is 11.5 Å². The zero-order chi connectivity index (χ0) is 23.0. The molecular weight excluding hydrogens is 394 g/mol. The molecule has 0 aliphatic rings. The number of likely N-dealkylation sites (N-methyl/N-ethyl adjacent to an activating group) is 2. The molecule has 7 heteroatoms. The molecule has 1 unspecified atom stereocenters. The van der Waals surface area contributed by atoms with Crippen LogP contribution in [0.2, 0.25) is 0 Å². The standard InChI is InChI=1S/C24H33N3O4/c1-7-18-10-8-9-11-21(18)25-23(28)16-27(4)24(29)17(2)26(3)15-19-12-13-20(30-5)14-22(19)31-6/h8-14,17H,7,15-16H2,1-6H3,(H,25,28). The number of nitrogens with one attached hydrogen (secondary N) is 1. The Labute approximate surface area is 184 Å². The Kier molecular flexibility index (Phi) is 8.88. The molecule has 2 amide bonds. The van der Waals surface area contributed by atoms with Crippen molar-refractivity contribution in [2.75, 3.05) is 40.2 Å². The predicted octanol–water partition coefficient (Wildman–Crippen LogP) is 3.18. The smallest absolute Gasteiger partial charge is 0.243 e. The van der Waals surface area contributed by atoms with Gasteiger partial charge in [0, 0.05) is 30.9 Å². The second-order valence-electron chi connectivity index (χ2n) is 7.52. The third kappa shape index (κ3) is 6.46. The van der Waals surface area contributed by atoms with Gasteiger partial charge in [0.25, 0.3) is 0 Å². The summed E-state index contributed by atoms with van der Waals surface area (Å²) in [5, 5.41) is 2.91. The fraction of sp³-hybridized carbons (Fsp3) is 0.417. The molecule has 0 aromatic heterocycles. The Morgan fingerprint density at radius 1 is 1.03 bits per heavy atom. The monoisotopic (exact) mass is 427 g/mol. The Bertz CT molecular complexity index is 900. The molecular formula is C24H33N3O4. The number of aryl methyl sites for hydroxylation is 1. The van der Waals surface area contributed by atoms with Gasteiger partial charge in [0.15, 0.2) is 0 Å². The number of hydrogen-bond donors (Lipinski definition) is 1. The second-order valence-corrected chi connectivity index (χ2v) is 7.52. The molecule has 168 valence electrons. The zero-order valence-corrected chi connectivity index (χ0v) is 19.3. The van der Waals surface area contributed by atoms with Crippen molar-refractivity contribution in [3.05, 3.63) is 53.6 Å². The number of carbonyl (C=O) groups is 2. The highest BCUT2D eigenvalue weighted by Gasteiger charge is 2.24. The van der Waals surface area contributed by atoms with Gasteiger partial charge < -0.3 is 19.7 Å². The van der Waals surface area contributed by atoms with E-state index < -0.39 is 6.04 Å². The summed E-state index contributed by atoms with van der Waals surface area (Å²) in [6.45, 7) is 4.37. The van der Waals surface area contributed by atoms with Gasteiger partial charge in [0.2, 0.25) is 11.8 Å². The van der Waals surface area contributed by atoms with Crippen LogP contribution in [0.3, 0.4) is 0 Å². The number of nitrogens with zero attached hydrogens (tertiary/aromatic N) is 2. The first-order chi connectivity index (χ1) is 14.8. The first-order valence-corrected chi connectivity index (χ1v) is 10.3. The first-order valence-electron chi connectivity index (χ1n) is 10.3. The van der Waals surface area contributed by atoms with E-state index in [1.807, 2.05) is 68.3 Å². The van der Waals surface area contributed by atoms with Crippen LogP contribution in [0.25, 0.3) is 0 Å². The number of benzene rings is 2. The molecule has 31 heavy (non-hydrogen) atoms. The number of methoxy groups -OCH3 is 2. The van der Waals surface area contributed by atoms with Crippen LogP contribution < -0.4 is 14.8 Å². The average molecular weight is 428 g/mol. The minimum Gasteiger partial charge on any atom is -0.497 e. The molecule has 0 spiro atoms. The van der Waals surface area contributed by atoms with E-state index >= 15 is 0 Å². The molecule has 0 aliphatic carbocycles. The van der Waals surface area contributed by atoms with Crippen LogP contribution in [-0.2, 0) is 22.6 Å². The van der Waals surface area contributed by atoms with Crippen LogP contribution in [0.15, 0.2) is 42.5 Å². The number of rotatable bonds is 10. The van der Waals surface area contributed by atoms with Crippen molar-refractivity contribution < 1.29 is 19.1 Å². The predicted molar refractivity (Wildman–Crippen MR) is 123 cm³/mol. The summed E-state index contributed by atoms with van der Waals surface area (Å²) < 4.78 is 10.7. The number of anilines is 1. The first kappa shape index (κ1) is 24.2. The summed E-state index contributed by atoms with van der Waals surface area (Å²) in [7, 11) is 6.73. The third-order valence-electron chi connectivity index (χ3n) is 5.36. The van der Waals surface area contributed by atoms with Crippen molar-refractivity contribution in [2.45, 2.75) is 32.9 Å². The lowest BCUT2D eigenvalue weighted by Crippen LogP contribution is -2.46. The van der Waals surface area contributed by atoms with Gasteiger partial charge in [0.05, 0.1) is 26.8 Å². The van der Waals surface area contributed by atoms with Crippen molar-refractivity contribution in [2.24, 2.45) is 0 Å². The van der Waals surface area contributed by atoms with E-state index in [1.54, 1.807) is 21.3 Å². The molecule has 0 saturated carbocycles. The second kappa shape index (κ2) is 11.4. The van der Waals surface area contributed by atoms with Crippen molar-refractivity contribution in [3.8, 4) is 11.5 Å². The van der Waals surface area contributed by atoms with E-state index in [1.165, 1.54) is 4.90 Å². The molecule has 1 N–H and O–H groups in total. The number of hydrogen-bond acceptors (Lipinski definition) is 5. The topological polar surface area (TPSA) is 71.1 Å². The molecule has 7 nitrogen and oxygen atoms in total. The number of para-hydroxylation sites is 1. The Morgan fingerprint density at radius 2 is 1.74 bits per heavy atom. The van der Waals surface area contributed by atoms with Gasteiger partial charge in [-0.3, -0.25) is 14.5 Å². The fourth-order valence-corrected chi connectivity index (χ4v) is 3.33. The van der Waals surface area contributed by atoms with Crippen LogP contribution in [0.4, 0.5) is 5.69 Å². The van der Waals surface area contributed by atoms with Gasteiger partial charge in [-0.15, -0.1) is 0 Å². The molecule has 2 aromatic carbocycles. The maximum atomic E-state index is 12.9. The lowest BCUT2D eigenvalue weighted by atomic mass is 10.1. The highest BCUT2D eigenvalue weighted by atomic mass is 16.5. The van der Waals surface area contributed by atoms with E-state index in [-0.39, 0.29) is 18.4 Å². The number of carbonyl (C=O) groups excluding carboxylic acids is 2. The maximum Gasteiger partial charge on any atom is 0.243 e. The van der Waals surface area contributed by atoms with Gasteiger partial charge in [-0.2, -0.15) is 0 Å². The summed E-state index contributed by atoms with van der Waals surface area (Å²) in [6.07, 6.45) is 0.821. The van der Waals surface area contributed by atoms with Crippen molar-refractivity contribution >= 4 is 17.5 Å². The molecule has 0 fully saturated rings. The van der Waals surface area contributed by atoms with E-state index in [2.05, 4.69) is 5.32 Å². The average Bonchev–Trinajstić information content (AvgIpc) is 2.78. The molecule has 0 saturated heterocycles. The van der Waals surface area contributed by atoms with Crippen LogP contribution in [0, 0.1) is 0 Å². The minimum absolute atomic E-state index is 0.0130. The Morgan fingerprint density at radius 3 is 2.39 bits per heavy atom. The molecule has 2 rings (SSSR count). The quantitative estimate of drug-likeness (QED) is 0.631. The van der Waals surface area contributed by atoms with E-state index in [0.29, 0.717) is 18.0 Å². The summed E-state index contributed by atoms with van der Waals surface area (Å²) in [5.74, 6) is 1.06. The van der Waals surface area contributed by atoms with Gasteiger partial charge >= 0.3 is 0 Å². The highest BCUT2D eigenvalue weighted by molar-refractivity contribution is 5.95. The molecule has 0 bridgehead atoms. The van der Waals surface area contributed by atoms with Gasteiger partial charge in [-0.25, -0.2) is 0 Å². The number of ether oxygens (including phenoxy) is 2. The Balaban J connectivity index is 1.97. The fourth-order valence-electron chi connectivity index (χ4n) is 3.33. The SMILES string of the molecule is CCc1ccccc1NC(=O)CN(C)C(=O)C(C)N(C)Cc1ccc(OC)cc1OC. The summed E-state index contributed by atoms with van der Waals surface area (Å²) in [4.78, 5) is 28.7. The van der Waals surface area contributed by atoms with Crippen LogP contribution in [-0.4, -0.2) is 62.5 Å². The van der Waals surface area contributed by atoms with Crippen LogP contribution in [0.1, 0.15) is 25.0 Å². The van der Waals surface area contributed by atoms with Crippen molar-refractivity contribution in [1.82, 2.24) is 9.80 Å². The maximum absolute atomic E-state index is 12.9. The van der Waals surface area contributed by atoms with Crippen molar-refractivity contribution in [1.29, 1.82) is 0 Å². The molecule has 0 aliphatic heterocycles.